The van der Waals surface area contributed by atoms with E-state index >= 15 is 0 Å². The molecular weight excluding hydrogens is 147 g/mol. The van der Waals surface area contributed by atoms with Crippen LogP contribution in [0.4, 0.5) is 0 Å². The van der Waals surface area contributed by atoms with E-state index in [1.54, 1.807) is 0 Å². The Kier molecular flexibility index (Phi) is 5.05. The number of hydrogen-bond acceptors (Lipinski definition) is 0. The SMILES string of the molecule is C=CC[Si]C(Cl)Cl. The fourth-order valence-corrected chi connectivity index (χ4v) is 1.05. The van der Waals surface area contributed by atoms with Gasteiger partial charge in [-0.1, -0.05) is 6.08 Å². The quantitative estimate of drug-likeness (QED) is 0.330. The van der Waals surface area contributed by atoms with E-state index in [0.717, 1.165) is 6.04 Å². The van der Waals surface area contributed by atoms with Crippen LogP contribution in [0, 0.1) is 0 Å². The first-order chi connectivity index (χ1) is 3.27. The first kappa shape index (κ1) is 7.54. The molecule has 0 bridgehead atoms. The molecule has 3 heteroatoms. The van der Waals surface area contributed by atoms with Crippen LogP contribution >= 0.6 is 23.2 Å². The van der Waals surface area contributed by atoms with Gasteiger partial charge in [0.05, 0.1) is 14.0 Å². The lowest BCUT2D eigenvalue weighted by atomic mass is 10.8. The molecule has 0 saturated heterocycles. The highest BCUT2D eigenvalue weighted by molar-refractivity contribution is 6.68. The van der Waals surface area contributed by atoms with Crippen molar-refractivity contribution in [2.75, 3.05) is 0 Å². The van der Waals surface area contributed by atoms with Gasteiger partial charge in [-0.15, -0.1) is 29.8 Å². The fourth-order valence-electron chi connectivity index (χ4n) is 0.172. The molecule has 0 unspecified atom stereocenters. The van der Waals surface area contributed by atoms with Crippen molar-refractivity contribution in [3.8, 4) is 0 Å². The van der Waals surface area contributed by atoms with Crippen molar-refractivity contribution in [2.24, 2.45) is 0 Å². The topological polar surface area (TPSA) is 0 Å². The van der Waals surface area contributed by atoms with Crippen LogP contribution in [0.15, 0.2) is 12.7 Å². The van der Waals surface area contributed by atoms with Crippen LogP contribution < -0.4 is 0 Å². The zero-order valence-electron chi connectivity index (χ0n) is 3.82. The first-order valence-electron chi connectivity index (χ1n) is 1.90. The summed E-state index contributed by atoms with van der Waals surface area (Å²) in [5, 5.41) is 0. The molecule has 0 aliphatic heterocycles. The minimum atomic E-state index is -0.196. The predicted octanol–water partition coefficient (Wildman–Crippen LogP) is 2.06. The van der Waals surface area contributed by atoms with E-state index in [0.29, 0.717) is 9.52 Å². The second kappa shape index (κ2) is 4.69. The van der Waals surface area contributed by atoms with E-state index in [2.05, 4.69) is 6.58 Å². The van der Waals surface area contributed by atoms with Gasteiger partial charge < -0.3 is 0 Å². The Morgan fingerprint density at radius 3 is 2.43 bits per heavy atom. The smallest absolute Gasteiger partial charge is 0.0932 e. The van der Waals surface area contributed by atoms with Gasteiger partial charge >= 0.3 is 0 Å². The molecule has 0 fully saturated rings. The van der Waals surface area contributed by atoms with Crippen molar-refractivity contribution in [2.45, 2.75) is 10.5 Å². The molecule has 0 spiro atoms. The lowest BCUT2D eigenvalue weighted by Crippen LogP contribution is -1.97. The van der Waals surface area contributed by atoms with E-state index in [4.69, 9.17) is 23.2 Å². The summed E-state index contributed by atoms with van der Waals surface area (Å²) >= 11 is 10.8. The Morgan fingerprint density at radius 1 is 1.71 bits per heavy atom. The first-order valence-corrected chi connectivity index (χ1v) is 4.05. The van der Waals surface area contributed by atoms with E-state index in [1.807, 2.05) is 6.08 Å². The van der Waals surface area contributed by atoms with Crippen molar-refractivity contribution >= 4 is 32.7 Å². The molecule has 0 aromatic heterocycles. The molecule has 0 amide bonds. The van der Waals surface area contributed by atoms with Crippen LogP contribution in [0.5, 0.6) is 0 Å². The molecule has 0 saturated carbocycles. The monoisotopic (exact) mass is 152 g/mol. The molecule has 0 aromatic rings. The Balaban J connectivity index is 2.81. The van der Waals surface area contributed by atoms with Crippen molar-refractivity contribution < 1.29 is 0 Å². The third kappa shape index (κ3) is 6.54. The molecule has 0 aliphatic carbocycles. The highest BCUT2D eigenvalue weighted by Gasteiger charge is 1.94. The van der Waals surface area contributed by atoms with Crippen molar-refractivity contribution in [1.82, 2.24) is 0 Å². The van der Waals surface area contributed by atoms with Crippen LogP contribution in [-0.2, 0) is 0 Å². The van der Waals surface area contributed by atoms with Gasteiger partial charge in [-0.2, -0.15) is 0 Å². The number of rotatable bonds is 3. The fraction of sp³-hybridized carbons (Fsp3) is 0.500. The maximum Gasteiger partial charge on any atom is 0.0932 e. The number of halogens is 2. The molecule has 0 N–H and O–H groups in total. The van der Waals surface area contributed by atoms with Crippen molar-refractivity contribution in [3.63, 3.8) is 0 Å². The van der Waals surface area contributed by atoms with Crippen LogP contribution in [0.3, 0.4) is 0 Å². The van der Waals surface area contributed by atoms with Crippen LogP contribution in [0.2, 0.25) is 6.04 Å². The van der Waals surface area contributed by atoms with Crippen molar-refractivity contribution in [1.29, 1.82) is 0 Å². The third-order valence-corrected chi connectivity index (χ3v) is 2.18. The minimum Gasteiger partial charge on any atom is -0.110 e. The Morgan fingerprint density at radius 2 is 2.29 bits per heavy atom. The molecule has 0 nitrogen and oxygen atoms in total. The van der Waals surface area contributed by atoms with Gasteiger partial charge in [0, 0.05) is 0 Å². The van der Waals surface area contributed by atoms with Crippen LogP contribution in [-0.4, -0.2) is 14.0 Å². The predicted molar refractivity (Wildman–Crippen MR) is 36.3 cm³/mol. The molecule has 0 aliphatic rings. The van der Waals surface area contributed by atoms with Crippen LogP contribution in [0.25, 0.3) is 0 Å². The lowest BCUT2D eigenvalue weighted by Gasteiger charge is -1.90. The molecule has 7 heavy (non-hydrogen) atoms. The van der Waals surface area contributed by atoms with Crippen molar-refractivity contribution in [3.05, 3.63) is 12.7 Å². The average molecular weight is 153 g/mol. The lowest BCUT2D eigenvalue weighted by molar-refractivity contribution is 1.65. The van der Waals surface area contributed by atoms with Gasteiger partial charge in [-0.05, 0) is 6.04 Å². The van der Waals surface area contributed by atoms with Gasteiger partial charge in [-0.3, -0.25) is 0 Å². The summed E-state index contributed by atoms with van der Waals surface area (Å²) in [4.78, 5) is 0. The largest absolute Gasteiger partial charge is 0.110 e. The highest BCUT2D eigenvalue weighted by atomic mass is 35.5. The molecule has 0 aromatic carbocycles. The molecule has 0 rings (SSSR count). The second-order valence-corrected chi connectivity index (χ2v) is 4.22. The summed E-state index contributed by atoms with van der Waals surface area (Å²) in [6.45, 7) is 3.52. The molecule has 0 heterocycles. The van der Waals surface area contributed by atoms with Gasteiger partial charge in [0.1, 0.15) is 0 Å². The van der Waals surface area contributed by atoms with Gasteiger partial charge in [0.25, 0.3) is 0 Å². The van der Waals surface area contributed by atoms with E-state index in [-0.39, 0.29) is 4.46 Å². The maximum atomic E-state index is 5.39. The third-order valence-electron chi connectivity index (χ3n) is 0.416. The maximum absolute atomic E-state index is 5.39. The number of allylic oxidation sites excluding steroid dienone is 1. The number of hydrogen-bond donors (Lipinski definition) is 0. The van der Waals surface area contributed by atoms with E-state index in [9.17, 15) is 0 Å². The summed E-state index contributed by atoms with van der Waals surface area (Å²) in [5.74, 6) is 0. The Bertz CT molecular complexity index is 53.7. The molecular formula is C4H6Cl2Si. The standard InChI is InChI=1S/C4H6Cl2Si/c1-2-3-7-4(5)6/h2,4H,1,3H2. The summed E-state index contributed by atoms with van der Waals surface area (Å²) in [6, 6.07) is 0.928. The molecule has 2 radical (unpaired) electrons. The van der Waals surface area contributed by atoms with E-state index in [1.165, 1.54) is 0 Å². The van der Waals surface area contributed by atoms with E-state index < -0.39 is 0 Å². The zero-order chi connectivity index (χ0) is 5.70. The van der Waals surface area contributed by atoms with Gasteiger partial charge in [0.2, 0.25) is 0 Å². The Hall–Kier alpha value is 0.537. The minimum absolute atomic E-state index is 0.196. The summed E-state index contributed by atoms with van der Waals surface area (Å²) in [6.07, 6.45) is 1.82. The highest BCUT2D eigenvalue weighted by Crippen LogP contribution is 2.00. The summed E-state index contributed by atoms with van der Waals surface area (Å²) in [5.41, 5.74) is 0. The second-order valence-electron chi connectivity index (χ2n) is 0.998. The molecule has 0 atom stereocenters. The Labute approximate surface area is 56.3 Å². The average Bonchev–Trinajstić information content (AvgIpc) is 1.61. The normalized spacial score (nSPS) is 9.57. The number of alkyl halides is 2. The van der Waals surface area contributed by atoms with Crippen LogP contribution in [0.1, 0.15) is 0 Å². The van der Waals surface area contributed by atoms with Gasteiger partial charge in [-0.25, -0.2) is 0 Å². The zero-order valence-corrected chi connectivity index (χ0v) is 6.34. The summed E-state index contributed by atoms with van der Waals surface area (Å²) in [7, 11) is 0.601. The summed E-state index contributed by atoms with van der Waals surface area (Å²) < 4.78 is -0.196. The van der Waals surface area contributed by atoms with Gasteiger partial charge in [0.15, 0.2) is 0 Å². The molecule has 40 valence electrons.